The Morgan fingerprint density at radius 1 is 1.04 bits per heavy atom. The molecule has 3 rings (SSSR count). The van der Waals surface area contributed by atoms with Crippen LogP contribution in [-0.4, -0.2) is 22.6 Å². The van der Waals surface area contributed by atoms with Gasteiger partial charge in [-0.2, -0.15) is 0 Å². The lowest BCUT2D eigenvalue weighted by Gasteiger charge is -2.09. The predicted molar refractivity (Wildman–Crippen MR) is 104 cm³/mol. The molecule has 6 heteroatoms. The molecule has 2 N–H and O–H groups in total. The van der Waals surface area contributed by atoms with Gasteiger partial charge in [-0.25, -0.2) is 0 Å². The van der Waals surface area contributed by atoms with Gasteiger partial charge in [0.2, 0.25) is 0 Å². The van der Waals surface area contributed by atoms with Crippen LogP contribution >= 0.6 is 11.6 Å². The van der Waals surface area contributed by atoms with E-state index in [1.54, 1.807) is 12.1 Å². The van der Waals surface area contributed by atoms with E-state index in [1.165, 1.54) is 5.56 Å². The molecule has 1 heterocycles. The van der Waals surface area contributed by atoms with Crippen LogP contribution in [0.2, 0.25) is 5.02 Å². The number of hydrogen-bond donors (Lipinski definition) is 2. The van der Waals surface area contributed by atoms with E-state index in [2.05, 4.69) is 20.8 Å². The number of aryl methyl sites for hydroxylation is 1. The molecule has 3 aromatic rings. The summed E-state index contributed by atoms with van der Waals surface area (Å²) < 4.78 is 0. The average Bonchev–Trinajstić information content (AvgIpc) is 2.66. The minimum absolute atomic E-state index is 0.237. The van der Waals surface area contributed by atoms with Crippen LogP contribution in [0.15, 0.2) is 60.7 Å². The molecule has 5 nitrogen and oxygen atoms in total. The average molecular weight is 367 g/mol. The number of nitrogens with one attached hydrogen (secondary N) is 2. The third-order valence-electron chi connectivity index (χ3n) is 3.90. The van der Waals surface area contributed by atoms with Gasteiger partial charge in [0.15, 0.2) is 11.5 Å². The van der Waals surface area contributed by atoms with Gasteiger partial charge in [0.25, 0.3) is 5.91 Å². The van der Waals surface area contributed by atoms with E-state index in [0.29, 0.717) is 17.4 Å². The van der Waals surface area contributed by atoms with Crippen molar-refractivity contribution in [1.82, 2.24) is 15.5 Å². The minimum Gasteiger partial charge on any atom is -0.350 e. The Hall–Kier alpha value is -2.92. The summed E-state index contributed by atoms with van der Waals surface area (Å²) in [4.78, 5) is 12.2. The Kier molecular flexibility index (Phi) is 5.81. The largest absolute Gasteiger partial charge is 0.350 e. The molecule has 0 aliphatic rings. The summed E-state index contributed by atoms with van der Waals surface area (Å²) in [6.07, 6.45) is 0.772. The molecule has 0 spiro atoms. The van der Waals surface area contributed by atoms with E-state index < -0.39 is 0 Å². The highest BCUT2D eigenvalue weighted by atomic mass is 35.5. The highest BCUT2D eigenvalue weighted by Crippen LogP contribution is 2.22. The van der Waals surface area contributed by atoms with Crippen molar-refractivity contribution in [2.75, 3.05) is 11.9 Å². The van der Waals surface area contributed by atoms with Gasteiger partial charge in [0.05, 0.1) is 0 Å². The van der Waals surface area contributed by atoms with Gasteiger partial charge >= 0.3 is 0 Å². The van der Waals surface area contributed by atoms with Crippen LogP contribution in [0, 0.1) is 6.92 Å². The first-order chi connectivity index (χ1) is 12.6. The third-order valence-corrected chi connectivity index (χ3v) is 4.14. The number of carbonyl (C=O) groups excluding carboxylic acids is 1. The maximum absolute atomic E-state index is 12.2. The fourth-order valence-corrected chi connectivity index (χ4v) is 2.61. The van der Waals surface area contributed by atoms with Gasteiger partial charge in [-0.15, -0.1) is 10.2 Å². The number of nitrogens with zero attached hydrogens (tertiary/aromatic N) is 2. The highest BCUT2D eigenvalue weighted by molar-refractivity contribution is 6.30. The Morgan fingerprint density at radius 3 is 2.58 bits per heavy atom. The molecule has 0 unspecified atom stereocenters. The van der Waals surface area contributed by atoms with Crippen molar-refractivity contribution in [2.24, 2.45) is 0 Å². The Labute approximate surface area is 157 Å². The Morgan fingerprint density at radius 2 is 1.85 bits per heavy atom. The Bertz CT molecular complexity index is 882. The van der Waals surface area contributed by atoms with Gasteiger partial charge < -0.3 is 10.6 Å². The molecule has 2 aromatic carbocycles. The van der Waals surface area contributed by atoms with Crippen molar-refractivity contribution in [3.63, 3.8) is 0 Å². The summed E-state index contributed by atoms with van der Waals surface area (Å²) in [7, 11) is 0. The third kappa shape index (κ3) is 4.80. The lowest BCUT2D eigenvalue weighted by Crippen LogP contribution is -2.26. The molecule has 0 atom stereocenters. The number of benzene rings is 2. The van der Waals surface area contributed by atoms with Crippen LogP contribution in [0.1, 0.15) is 21.6 Å². The monoisotopic (exact) mass is 366 g/mol. The van der Waals surface area contributed by atoms with E-state index in [-0.39, 0.29) is 11.6 Å². The fraction of sp³-hybridized carbons (Fsp3) is 0.150. The summed E-state index contributed by atoms with van der Waals surface area (Å²) >= 11 is 6.01. The van der Waals surface area contributed by atoms with Gasteiger partial charge in [0.1, 0.15) is 0 Å². The maximum Gasteiger partial charge on any atom is 0.271 e. The number of rotatable bonds is 6. The molecule has 0 saturated carbocycles. The standard InChI is InChI=1S/C20H19ClN4O/c1-14-7-8-16(21)13-18(14)23-19-10-9-17(24-25-19)20(26)22-12-11-15-5-3-2-4-6-15/h2-10,13H,11-12H2,1H3,(H,22,26)(H,23,25). The predicted octanol–water partition coefficient (Wildman–Crippen LogP) is 4.15. The maximum atomic E-state index is 12.2. The van der Waals surface area contributed by atoms with Gasteiger partial charge in [-0.1, -0.05) is 48.0 Å². The Balaban J connectivity index is 1.56. The second-order valence-corrected chi connectivity index (χ2v) is 6.32. The molecule has 0 radical (unpaired) electrons. The van der Waals surface area contributed by atoms with E-state index in [4.69, 9.17) is 11.6 Å². The quantitative estimate of drug-likeness (QED) is 0.687. The molecular formula is C20H19ClN4O. The van der Waals surface area contributed by atoms with Crippen molar-refractivity contribution in [3.05, 3.63) is 82.5 Å². The van der Waals surface area contributed by atoms with E-state index in [1.807, 2.05) is 55.5 Å². The zero-order valence-corrected chi connectivity index (χ0v) is 15.1. The molecule has 1 amide bonds. The van der Waals surface area contributed by atoms with Crippen molar-refractivity contribution >= 4 is 29.0 Å². The molecule has 0 aliphatic heterocycles. The van der Waals surface area contributed by atoms with Crippen LogP contribution in [-0.2, 0) is 6.42 Å². The SMILES string of the molecule is Cc1ccc(Cl)cc1Nc1ccc(C(=O)NCCc2ccccc2)nn1. The summed E-state index contributed by atoms with van der Waals surface area (Å²) in [6.45, 7) is 2.52. The zero-order chi connectivity index (χ0) is 18.4. The zero-order valence-electron chi connectivity index (χ0n) is 14.4. The molecule has 26 heavy (non-hydrogen) atoms. The minimum atomic E-state index is -0.237. The van der Waals surface area contributed by atoms with Gasteiger partial charge in [-0.3, -0.25) is 4.79 Å². The van der Waals surface area contributed by atoms with E-state index in [0.717, 1.165) is 17.7 Å². The van der Waals surface area contributed by atoms with Gasteiger partial charge in [0, 0.05) is 17.3 Å². The van der Waals surface area contributed by atoms with Crippen molar-refractivity contribution < 1.29 is 4.79 Å². The first kappa shape index (κ1) is 17.9. The van der Waals surface area contributed by atoms with E-state index >= 15 is 0 Å². The number of halogens is 1. The van der Waals surface area contributed by atoms with Crippen molar-refractivity contribution in [3.8, 4) is 0 Å². The van der Waals surface area contributed by atoms with E-state index in [9.17, 15) is 4.79 Å². The molecular weight excluding hydrogens is 348 g/mol. The number of carbonyl (C=O) groups is 1. The first-order valence-electron chi connectivity index (χ1n) is 8.31. The second-order valence-electron chi connectivity index (χ2n) is 5.88. The van der Waals surface area contributed by atoms with Gasteiger partial charge in [-0.05, 0) is 48.7 Å². The number of hydrogen-bond acceptors (Lipinski definition) is 4. The summed E-state index contributed by atoms with van der Waals surface area (Å²) in [5, 5.41) is 14.7. The molecule has 0 aliphatic carbocycles. The summed E-state index contributed by atoms with van der Waals surface area (Å²) in [6, 6.07) is 18.9. The highest BCUT2D eigenvalue weighted by Gasteiger charge is 2.08. The number of anilines is 2. The van der Waals surface area contributed by atoms with Crippen LogP contribution in [0.4, 0.5) is 11.5 Å². The van der Waals surface area contributed by atoms with Crippen molar-refractivity contribution in [2.45, 2.75) is 13.3 Å². The number of amides is 1. The second kappa shape index (κ2) is 8.45. The lowest BCUT2D eigenvalue weighted by molar-refractivity contribution is 0.0948. The van der Waals surface area contributed by atoms with Crippen LogP contribution in [0.5, 0.6) is 0 Å². The topological polar surface area (TPSA) is 66.9 Å². The smallest absolute Gasteiger partial charge is 0.271 e. The molecule has 132 valence electrons. The molecule has 0 fully saturated rings. The fourth-order valence-electron chi connectivity index (χ4n) is 2.44. The first-order valence-corrected chi connectivity index (χ1v) is 8.68. The summed E-state index contributed by atoms with van der Waals surface area (Å²) in [5.41, 5.74) is 3.35. The molecule has 0 bridgehead atoms. The number of aromatic nitrogens is 2. The lowest BCUT2D eigenvalue weighted by atomic mass is 10.1. The normalized spacial score (nSPS) is 10.4. The van der Waals surface area contributed by atoms with Crippen LogP contribution in [0.25, 0.3) is 0 Å². The molecule has 0 saturated heterocycles. The molecule has 1 aromatic heterocycles. The van der Waals surface area contributed by atoms with Crippen LogP contribution in [0.3, 0.4) is 0 Å². The van der Waals surface area contributed by atoms with Crippen molar-refractivity contribution in [1.29, 1.82) is 0 Å². The summed E-state index contributed by atoms with van der Waals surface area (Å²) in [5.74, 6) is 0.315. The van der Waals surface area contributed by atoms with Crippen LogP contribution < -0.4 is 10.6 Å².